The third-order valence-electron chi connectivity index (χ3n) is 5.96. The van der Waals surface area contributed by atoms with Crippen molar-refractivity contribution in [1.29, 1.82) is 0 Å². The number of nitrogens with zero attached hydrogens (tertiary/aromatic N) is 2. The summed E-state index contributed by atoms with van der Waals surface area (Å²) in [5.74, 6) is -1.85. The summed E-state index contributed by atoms with van der Waals surface area (Å²) >= 11 is 0. The standard InChI is InChI=1S/C24H24F2N4O4/c1-33-21(31)12-14-2-4-15(5-3-14)16-6-9-18(10-7-16)27-22(32)23-29-30-24(34-23)28-20-11-8-17(25)13-19(20)26/h6-11,13-15H,2-5,12H2,1H3,(H,27,32)(H,28,30). The van der Waals surface area contributed by atoms with Gasteiger partial charge in [0.25, 0.3) is 0 Å². The molecule has 0 saturated heterocycles. The number of carbonyl (C=O) groups is 2. The molecule has 1 heterocycles. The van der Waals surface area contributed by atoms with E-state index >= 15 is 0 Å². The Balaban J connectivity index is 1.31. The lowest BCUT2D eigenvalue weighted by Gasteiger charge is -2.28. The minimum absolute atomic E-state index is 0.0630. The molecule has 8 nitrogen and oxygen atoms in total. The van der Waals surface area contributed by atoms with E-state index < -0.39 is 17.5 Å². The van der Waals surface area contributed by atoms with E-state index in [1.807, 2.05) is 12.1 Å². The minimum atomic E-state index is -0.832. The van der Waals surface area contributed by atoms with Gasteiger partial charge in [-0.05, 0) is 67.3 Å². The van der Waals surface area contributed by atoms with Crippen molar-refractivity contribution in [2.45, 2.75) is 38.0 Å². The second kappa shape index (κ2) is 10.4. The Morgan fingerprint density at radius 1 is 1.06 bits per heavy atom. The molecule has 2 N–H and O–H groups in total. The number of aromatic nitrogens is 2. The number of hydrogen-bond donors (Lipinski definition) is 2. The number of esters is 1. The van der Waals surface area contributed by atoms with Gasteiger partial charge >= 0.3 is 23.8 Å². The maximum atomic E-state index is 13.7. The zero-order valence-corrected chi connectivity index (χ0v) is 18.5. The third kappa shape index (κ3) is 5.75. The van der Waals surface area contributed by atoms with E-state index in [0.717, 1.165) is 31.7 Å². The Bertz CT molecular complexity index is 1160. The molecule has 0 radical (unpaired) electrons. The number of carbonyl (C=O) groups excluding carboxylic acids is 2. The molecule has 1 aliphatic rings. The predicted molar refractivity (Wildman–Crippen MR) is 120 cm³/mol. The molecule has 0 bridgehead atoms. The van der Waals surface area contributed by atoms with Crippen LogP contribution in [-0.4, -0.2) is 29.2 Å². The van der Waals surface area contributed by atoms with Gasteiger partial charge in [-0.15, -0.1) is 5.10 Å². The van der Waals surface area contributed by atoms with Crippen molar-refractivity contribution < 1.29 is 27.5 Å². The van der Waals surface area contributed by atoms with Gasteiger partial charge in [0, 0.05) is 18.2 Å². The average Bonchev–Trinajstić information content (AvgIpc) is 3.31. The van der Waals surface area contributed by atoms with Gasteiger partial charge in [-0.2, -0.15) is 0 Å². The van der Waals surface area contributed by atoms with Gasteiger partial charge in [0.2, 0.25) is 0 Å². The van der Waals surface area contributed by atoms with Crippen molar-refractivity contribution in [2.24, 2.45) is 5.92 Å². The summed E-state index contributed by atoms with van der Waals surface area (Å²) in [6.07, 6.45) is 4.43. The molecule has 1 aliphatic carbocycles. The van der Waals surface area contributed by atoms with E-state index in [-0.39, 0.29) is 23.6 Å². The van der Waals surface area contributed by atoms with Crippen molar-refractivity contribution in [3.63, 3.8) is 0 Å². The fraction of sp³-hybridized carbons (Fsp3) is 0.333. The van der Waals surface area contributed by atoms with Gasteiger partial charge in [-0.1, -0.05) is 17.2 Å². The third-order valence-corrected chi connectivity index (χ3v) is 5.96. The van der Waals surface area contributed by atoms with Gasteiger partial charge < -0.3 is 19.8 Å². The number of methoxy groups -OCH3 is 1. The lowest BCUT2D eigenvalue weighted by molar-refractivity contribution is -0.142. The molecule has 1 fully saturated rings. The summed E-state index contributed by atoms with van der Waals surface area (Å²) in [5.41, 5.74) is 1.68. The fourth-order valence-electron chi connectivity index (χ4n) is 4.11. The summed E-state index contributed by atoms with van der Waals surface area (Å²) in [5, 5.41) is 12.5. The molecule has 4 rings (SSSR count). The van der Waals surface area contributed by atoms with Crippen molar-refractivity contribution in [3.8, 4) is 0 Å². The first-order valence-corrected chi connectivity index (χ1v) is 10.9. The van der Waals surface area contributed by atoms with E-state index in [1.54, 1.807) is 12.1 Å². The average molecular weight is 470 g/mol. The number of benzene rings is 2. The lowest BCUT2D eigenvalue weighted by Crippen LogP contribution is -2.17. The van der Waals surface area contributed by atoms with Crippen molar-refractivity contribution in [3.05, 3.63) is 65.6 Å². The van der Waals surface area contributed by atoms with Crippen LogP contribution in [0, 0.1) is 17.6 Å². The topological polar surface area (TPSA) is 106 Å². The first-order valence-electron chi connectivity index (χ1n) is 10.9. The largest absolute Gasteiger partial charge is 0.469 e. The van der Waals surface area contributed by atoms with Crippen LogP contribution in [-0.2, 0) is 9.53 Å². The quantitative estimate of drug-likeness (QED) is 0.458. The minimum Gasteiger partial charge on any atom is -0.469 e. The molecule has 0 atom stereocenters. The zero-order chi connectivity index (χ0) is 24.1. The summed E-state index contributed by atoms with van der Waals surface area (Å²) in [7, 11) is 1.41. The lowest BCUT2D eigenvalue weighted by atomic mass is 9.77. The normalized spacial score (nSPS) is 17.7. The molecule has 34 heavy (non-hydrogen) atoms. The molecular weight excluding hydrogens is 446 g/mol. The van der Waals surface area contributed by atoms with E-state index in [9.17, 15) is 18.4 Å². The molecule has 1 saturated carbocycles. The Morgan fingerprint density at radius 2 is 1.79 bits per heavy atom. The molecule has 10 heteroatoms. The van der Waals surface area contributed by atoms with Crippen LogP contribution in [0.2, 0.25) is 0 Å². The van der Waals surface area contributed by atoms with Crippen molar-refractivity contribution in [2.75, 3.05) is 17.7 Å². The smallest absolute Gasteiger partial charge is 0.320 e. The number of rotatable bonds is 7. The fourth-order valence-corrected chi connectivity index (χ4v) is 4.11. The number of hydrogen-bond acceptors (Lipinski definition) is 7. The number of halogens is 2. The molecule has 0 aliphatic heterocycles. The number of ether oxygens (including phenoxy) is 1. The molecule has 1 aromatic heterocycles. The van der Waals surface area contributed by atoms with Gasteiger partial charge in [-0.25, -0.2) is 8.78 Å². The van der Waals surface area contributed by atoms with Crippen LogP contribution in [0.15, 0.2) is 46.9 Å². The second-order valence-electron chi connectivity index (χ2n) is 8.24. The molecule has 0 spiro atoms. The summed E-state index contributed by atoms with van der Waals surface area (Å²) < 4.78 is 36.8. The van der Waals surface area contributed by atoms with Gasteiger partial charge in [-0.3, -0.25) is 9.59 Å². The molecule has 1 amide bonds. The molecule has 0 unspecified atom stereocenters. The SMILES string of the molecule is COC(=O)CC1CCC(c2ccc(NC(=O)c3nnc(Nc4ccc(F)cc4F)o3)cc2)CC1. The summed E-state index contributed by atoms with van der Waals surface area (Å²) in [4.78, 5) is 23.9. The summed E-state index contributed by atoms with van der Waals surface area (Å²) in [6.45, 7) is 0. The van der Waals surface area contributed by atoms with Crippen LogP contribution in [0.5, 0.6) is 0 Å². The maximum absolute atomic E-state index is 13.7. The van der Waals surface area contributed by atoms with Crippen LogP contribution in [0.25, 0.3) is 0 Å². The highest BCUT2D eigenvalue weighted by Gasteiger charge is 2.24. The Labute approximate surface area is 194 Å². The maximum Gasteiger partial charge on any atom is 0.320 e. The monoisotopic (exact) mass is 470 g/mol. The molecule has 178 valence electrons. The van der Waals surface area contributed by atoms with Crippen LogP contribution in [0.4, 0.5) is 26.2 Å². The van der Waals surface area contributed by atoms with E-state index in [0.29, 0.717) is 30.0 Å². The van der Waals surface area contributed by atoms with Gasteiger partial charge in [0.05, 0.1) is 12.8 Å². The van der Waals surface area contributed by atoms with Crippen LogP contribution >= 0.6 is 0 Å². The van der Waals surface area contributed by atoms with E-state index in [1.165, 1.54) is 18.7 Å². The van der Waals surface area contributed by atoms with Crippen molar-refractivity contribution in [1.82, 2.24) is 10.2 Å². The van der Waals surface area contributed by atoms with Crippen LogP contribution < -0.4 is 10.6 Å². The Hall–Kier alpha value is -3.82. The van der Waals surface area contributed by atoms with Gasteiger partial charge in [0.15, 0.2) is 0 Å². The van der Waals surface area contributed by atoms with Crippen LogP contribution in [0.3, 0.4) is 0 Å². The molecule has 2 aromatic carbocycles. The first kappa shape index (κ1) is 23.3. The highest BCUT2D eigenvalue weighted by atomic mass is 19.1. The van der Waals surface area contributed by atoms with Crippen molar-refractivity contribution >= 4 is 29.3 Å². The summed E-state index contributed by atoms with van der Waals surface area (Å²) in [6, 6.07) is 10.3. The van der Waals surface area contributed by atoms with Gasteiger partial charge in [0.1, 0.15) is 11.6 Å². The number of amides is 1. The number of anilines is 3. The zero-order valence-electron chi connectivity index (χ0n) is 18.5. The Kier molecular flexibility index (Phi) is 7.15. The van der Waals surface area contributed by atoms with Crippen LogP contribution in [0.1, 0.15) is 54.3 Å². The predicted octanol–water partition coefficient (Wildman–Crippen LogP) is 5.18. The second-order valence-corrected chi connectivity index (χ2v) is 8.24. The van der Waals surface area contributed by atoms with E-state index in [2.05, 4.69) is 20.8 Å². The Morgan fingerprint density at radius 3 is 2.47 bits per heavy atom. The first-order chi connectivity index (χ1) is 16.4. The number of nitrogens with one attached hydrogen (secondary N) is 2. The highest BCUT2D eigenvalue weighted by molar-refractivity contribution is 6.00. The molecular formula is C24H24F2N4O4. The highest BCUT2D eigenvalue weighted by Crippen LogP contribution is 2.37. The van der Waals surface area contributed by atoms with E-state index in [4.69, 9.17) is 9.15 Å². The molecule has 3 aromatic rings.